The third-order valence-electron chi connectivity index (χ3n) is 3.82. The first-order valence-electron chi connectivity index (χ1n) is 8.00. The van der Waals surface area contributed by atoms with Crippen LogP contribution in [0.15, 0.2) is 54.6 Å². The maximum atomic E-state index is 13.1. The fraction of sp³-hybridized carbons (Fsp3) is 0.350. The second-order valence-corrected chi connectivity index (χ2v) is 6.73. The SMILES string of the molecule is CC(C)(CNC(=O)CCc1cccc(F)c1)Cc1ccccc1. The second kappa shape index (κ2) is 7.91. The average Bonchev–Trinajstić information content (AvgIpc) is 2.52. The van der Waals surface area contributed by atoms with E-state index < -0.39 is 0 Å². The first-order chi connectivity index (χ1) is 10.9. The van der Waals surface area contributed by atoms with E-state index in [4.69, 9.17) is 0 Å². The predicted molar refractivity (Wildman–Crippen MR) is 91.7 cm³/mol. The number of hydrogen-bond donors (Lipinski definition) is 1. The normalized spacial score (nSPS) is 11.3. The Hall–Kier alpha value is -2.16. The van der Waals surface area contributed by atoms with Crippen molar-refractivity contribution in [3.63, 3.8) is 0 Å². The van der Waals surface area contributed by atoms with Crippen molar-refractivity contribution < 1.29 is 9.18 Å². The molecule has 2 aromatic carbocycles. The van der Waals surface area contributed by atoms with Crippen LogP contribution >= 0.6 is 0 Å². The summed E-state index contributed by atoms with van der Waals surface area (Å²) < 4.78 is 13.1. The highest BCUT2D eigenvalue weighted by molar-refractivity contribution is 5.76. The molecule has 2 rings (SSSR count). The van der Waals surface area contributed by atoms with Gasteiger partial charge in [-0.3, -0.25) is 4.79 Å². The van der Waals surface area contributed by atoms with Crippen LogP contribution in [0.2, 0.25) is 0 Å². The van der Waals surface area contributed by atoms with Crippen molar-refractivity contribution in [1.82, 2.24) is 5.32 Å². The van der Waals surface area contributed by atoms with Gasteiger partial charge in [-0.2, -0.15) is 0 Å². The van der Waals surface area contributed by atoms with Crippen LogP contribution in [0.25, 0.3) is 0 Å². The van der Waals surface area contributed by atoms with Crippen LogP contribution in [0.1, 0.15) is 31.4 Å². The summed E-state index contributed by atoms with van der Waals surface area (Å²) in [7, 11) is 0. The average molecular weight is 313 g/mol. The molecule has 0 atom stereocenters. The third kappa shape index (κ3) is 6.23. The van der Waals surface area contributed by atoms with Crippen LogP contribution in [-0.4, -0.2) is 12.5 Å². The van der Waals surface area contributed by atoms with Crippen molar-refractivity contribution in [2.45, 2.75) is 33.1 Å². The van der Waals surface area contributed by atoms with Crippen molar-refractivity contribution in [2.24, 2.45) is 5.41 Å². The molecule has 0 bridgehead atoms. The lowest BCUT2D eigenvalue weighted by Crippen LogP contribution is -2.35. The summed E-state index contributed by atoms with van der Waals surface area (Å²) in [6, 6.07) is 16.7. The van der Waals surface area contributed by atoms with Gasteiger partial charge in [0, 0.05) is 13.0 Å². The zero-order chi connectivity index (χ0) is 16.7. The fourth-order valence-corrected chi connectivity index (χ4v) is 2.59. The molecule has 2 aromatic rings. The molecule has 0 fully saturated rings. The molecule has 0 aliphatic heterocycles. The molecule has 3 heteroatoms. The summed E-state index contributed by atoms with van der Waals surface area (Å²) in [6.07, 6.45) is 1.85. The molecule has 0 heterocycles. The fourth-order valence-electron chi connectivity index (χ4n) is 2.59. The zero-order valence-corrected chi connectivity index (χ0v) is 13.8. The first kappa shape index (κ1) is 17.2. The molecule has 2 nitrogen and oxygen atoms in total. The molecule has 1 amide bonds. The highest BCUT2D eigenvalue weighted by Crippen LogP contribution is 2.20. The van der Waals surface area contributed by atoms with Crippen molar-refractivity contribution in [3.8, 4) is 0 Å². The van der Waals surface area contributed by atoms with Crippen molar-refractivity contribution in [3.05, 3.63) is 71.5 Å². The smallest absolute Gasteiger partial charge is 0.220 e. The number of rotatable bonds is 7. The lowest BCUT2D eigenvalue weighted by molar-refractivity contribution is -0.121. The van der Waals surface area contributed by atoms with Gasteiger partial charge in [-0.1, -0.05) is 56.3 Å². The Balaban J connectivity index is 1.77. The Morgan fingerprint density at radius 2 is 1.74 bits per heavy atom. The first-order valence-corrected chi connectivity index (χ1v) is 8.00. The molecule has 0 aromatic heterocycles. The molecule has 1 N–H and O–H groups in total. The van der Waals surface area contributed by atoms with Gasteiger partial charge in [-0.15, -0.1) is 0 Å². The highest BCUT2D eigenvalue weighted by Gasteiger charge is 2.19. The van der Waals surface area contributed by atoms with Gasteiger partial charge in [-0.05, 0) is 41.5 Å². The van der Waals surface area contributed by atoms with E-state index in [0.717, 1.165) is 12.0 Å². The number of carbonyl (C=O) groups is 1. The van der Waals surface area contributed by atoms with Gasteiger partial charge in [0.1, 0.15) is 5.82 Å². The second-order valence-electron chi connectivity index (χ2n) is 6.73. The number of halogens is 1. The van der Waals surface area contributed by atoms with E-state index in [1.165, 1.54) is 17.7 Å². The van der Waals surface area contributed by atoms with Gasteiger partial charge < -0.3 is 5.32 Å². The Morgan fingerprint density at radius 1 is 1.04 bits per heavy atom. The lowest BCUT2D eigenvalue weighted by Gasteiger charge is -2.25. The van der Waals surface area contributed by atoms with Gasteiger partial charge in [0.05, 0.1) is 0 Å². The van der Waals surface area contributed by atoms with Gasteiger partial charge in [-0.25, -0.2) is 4.39 Å². The zero-order valence-electron chi connectivity index (χ0n) is 13.8. The van der Waals surface area contributed by atoms with Gasteiger partial charge in [0.15, 0.2) is 0 Å². The Morgan fingerprint density at radius 3 is 2.43 bits per heavy atom. The summed E-state index contributed by atoms with van der Waals surface area (Å²) >= 11 is 0. The summed E-state index contributed by atoms with van der Waals surface area (Å²) in [5.74, 6) is -0.248. The largest absolute Gasteiger partial charge is 0.356 e. The molecule has 0 unspecified atom stereocenters. The minimum Gasteiger partial charge on any atom is -0.356 e. The van der Waals surface area contributed by atoms with Crippen LogP contribution in [0.3, 0.4) is 0 Å². The minimum atomic E-state index is -0.257. The molecule has 0 spiro atoms. The molecule has 23 heavy (non-hydrogen) atoms. The maximum absolute atomic E-state index is 13.1. The Kier molecular flexibility index (Phi) is 5.91. The van der Waals surface area contributed by atoms with Crippen LogP contribution < -0.4 is 5.32 Å². The summed E-state index contributed by atoms with van der Waals surface area (Å²) in [6.45, 7) is 4.92. The van der Waals surface area contributed by atoms with E-state index in [0.29, 0.717) is 19.4 Å². The standard InChI is InChI=1S/C20H24FNO/c1-20(2,14-17-7-4-3-5-8-17)15-22-19(23)12-11-16-9-6-10-18(21)13-16/h3-10,13H,11-12,14-15H2,1-2H3,(H,22,23). The number of carbonyl (C=O) groups excluding carboxylic acids is 1. The predicted octanol–water partition coefficient (Wildman–Crippen LogP) is 4.14. The maximum Gasteiger partial charge on any atom is 0.220 e. The number of benzene rings is 2. The third-order valence-corrected chi connectivity index (χ3v) is 3.82. The molecular weight excluding hydrogens is 289 g/mol. The minimum absolute atomic E-state index is 0.00410. The number of amides is 1. The highest BCUT2D eigenvalue weighted by atomic mass is 19.1. The van der Waals surface area contributed by atoms with E-state index in [9.17, 15) is 9.18 Å². The lowest BCUT2D eigenvalue weighted by atomic mass is 9.85. The van der Waals surface area contributed by atoms with Crippen molar-refractivity contribution in [1.29, 1.82) is 0 Å². The number of hydrogen-bond acceptors (Lipinski definition) is 1. The van der Waals surface area contributed by atoms with Gasteiger partial charge >= 0.3 is 0 Å². The summed E-state index contributed by atoms with van der Waals surface area (Å²) in [5, 5.41) is 3.00. The number of aryl methyl sites for hydroxylation is 1. The quantitative estimate of drug-likeness (QED) is 0.817. The van der Waals surface area contributed by atoms with E-state index in [2.05, 4.69) is 31.3 Å². The van der Waals surface area contributed by atoms with Gasteiger partial charge in [0.25, 0.3) is 0 Å². The monoisotopic (exact) mass is 313 g/mol. The van der Waals surface area contributed by atoms with Crippen LogP contribution in [0.5, 0.6) is 0 Å². The van der Waals surface area contributed by atoms with E-state index >= 15 is 0 Å². The van der Waals surface area contributed by atoms with Gasteiger partial charge in [0.2, 0.25) is 5.91 Å². The molecule has 0 radical (unpaired) electrons. The Labute approximate surface area is 137 Å². The van der Waals surface area contributed by atoms with Crippen molar-refractivity contribution >= 4 is 5.91 Å². The van der Waals surface area contributed by atoms with E-state index in [1.807, 2.05) is 24.3 Å². The van der Waals surface area contributed by atoms with E-state index in [-0.39, 0.29) is 17.1 Å². The Bertz CT molecular complexity index is 637. The van der Waals surface area contributed by atoms with Crippen molar-refractivity contribution in [2.75, 3.05) is 6.54 Å². The molecule has 122 valence electrons. The number of nitrogens with one attached hydrogen (secondary N) is 1. The molecule has 0 aliphatic carbocycles. The summed E-state index contributed by atoms with van der Waals surface area (Å²) in [5.41, 5.74) is 2.12. The topological polar surface area (TPSA) is 29.1 Å². The molecular formula is C20H24FNO. The van der Waals surface area contributed by atoms with Crippen LogP contribution in [0, 0.1) is 11.2 Å². The molecule has 0 aliphatic rings. The van der Waals surface area contributed by atoms with Crippen LogP contribution in [0.4, 0.5) is 4.39 Å². The summed E-state index contributed by atoms with van der Waals surface area (Å²) in [4.78, 5) is 12.0. The molecule has 0 saturated carbocycles. The molecule has 0 saturated heterocycles. The van der Waals surface area contributed by atoms with Crippen LogP contribution in [-0.2, 0) is 17.6 Å². The van der Waals surface area contributed by atoms with E-state index in [1.54, 1.807) is 6.07 Å².